The van der Waals surface area contributed by atoms with Crippen molar-refractivity contribution in [3.8, 4) is 0 Å². The molecule has 2 aliphatic heterocycles. The zero-order valence-corrected chi connectivity index (χ0v) is 6.42. The van der Waals surface area contributed by atoms with Gasteiger partial charge in [-0.05, 0) is 12.8 Å². The van der Waals surface area contributed by atoms with Gasteiger partial charge >= 0.3 is 0 Å². The standard InChI is InChI=1S/C8H12N2O/c9-6-3-7-1-2-8(4-6)10(7)5-11/h5,7-9H,1-4H2/t7-,8+. The molecule has 2 aliphatic rings. The van der Waals surface area contributed by atoms with Crippen molar-refractivity contribution in [2.75, 3.05) is 0 Å². The van der Waals surface area contributed by atoms with E-state index in [0.29, 0.717) is 12.1 Å². The lowest BCUT2D eigenvalue weighted by atomic mass is 10.0. The second kappa shape index (κ2) is 2.32. The molecule has 2 atom stereocenters. The Balaban J connectivity index is 2.18. The lowest BCUT2D eigenvalue weighted by molar-refractivity contribution is -0.120. The van der Waals surface area contributed by atoms with E-state index in [-0.39, 0.29) is 0 Å². The van der Waals surface area contributed by atoms with E-state index in [0.717, 1.165) is 37.8 Å². The first-order chi connectivity index (χ1) is 5.31. The Bertz CT molecular complexity index is 186. The summed E-state index contributed by atoms with van der Waals surface area (Å²) in [5, 5.41) is 7.51. The van der Waals surface area contributed by atoms with Crippen LogP contribution in [-0.4, -0.2) is 29.1 Å². The van der Waals surface area contributed by atoms with Gasteiger partial charge in [0, 0.05) is 30.6 Å². The molecule has 0 aromatic rings. The molecule has 2 bridgehead atoms. The molecule has 0 aromatic heterocycles. The van der Waals surface area contributed by atoms with Crippen LogP contribution in [0.5, 0.6) is 0 Å². The normalized spacial score (nSPS) is 36.0. The van der Waals surface area contributed by atoms with Gasteiger partial charge in [0.25, 0.3) is 0 Å². The molecular formula is C8H12N2O. The highest BCUT2D eigenvalue weighted by Crippen LogP contribution is 2.32. The Morgan fingerprint density at radius 3 is 2.36 bits per heavy atom. The van der Waals surface area contributed by atoms with Gasteiger partial charge in [-0.2, -0.15) is 0 Å². The zero-order chi connectivity index (χ0) is 7.84. The van der Waals surface area contributed by atoms with E-state index < -0.39 is 0 Å². The molecule has 1 N–H and O–H groups in total. The monoisotopic (exact) mass is 152 g/mol. The van der Waals surface area contributed by atoms with Gasteiger partial charge in [0.2, 0.25) is 6.41 Å². The number of nitrogens with zero attached hydrogens (tertiary/aromatic N) is 1. The molecule has 60 valence electrons. The smallest absolute Gasteiger partial charge is 0.210 e. The molecule has 0 spiro atoms. The second-order valence-corrected chi connectivity index (χ2v) is 3.45. The van der Waals surface area contributed by atoms with E-state index in [2.05, 4.69) is 0 Å². The van der Waals surface area contributed by atoms with E-state index in [4.69, 9.17) is 5.41 Å². The average Bonchev–Trinajstić information content (AvgIpc) is 2.23. The molecule has 2 saturated heterocycles. The van der Waals surface area contributed by atoms with Crippen molar-refractivity contribution in [2.24, 2.45) is 0 Å². The van der Waals surface area contributed by atoms with Crippen LogP contribution in [-0.2, 0) is 4.79 Å². The summed E-state index contributed by atoms with van der Waals surface area (Å²) in [5.74, 6) is 0. The highest BCUT2D eigenvalue weighted by molar-refractivity contribution is 5.84. The number of rotatable bonds is 1. The quantitative estimate of drug-likeness (QED) is 0.555. The van der Waals surface area contributed by atoms with E-state index in [1.807, 2.05) is 4.90 Å². The zero-order valence-electron chi connectivity index (χ0n) is 6.42. The number of hydrogen-bond acceptors (Lipinski definition) is 2. The number of hydrogen-bond donors (Lipinski definition) is 1. The molecule has 1 amide bonds. The first-order valence-corrected chi connectivity index (χ1v) is 4.10. The van der Waals surface area contributed by atoms with Crippen molar-refractivity contribution in [3.63, 3.8) is 0 Å². The van der Waals surface area contributed by atoms with E-state index >= 15 is 0 Å². The molecule has 0 saturated carbocycles. The second-order valence-electron chi connectivity index (χ2n) is 3.45. The number of fused-ring (bicyclic) bond motifs is 2. The van der Waals surface area contributed by atoms with Crippen molar-refractivity contribution in [1.29, 1.82) is 5.41 Å². The number of carbonyl (C=O) groups is 1. The number of nitrogens with one attached hydrogen (secondary N) is 1. The molecule has 0 aromatic carbocycles. The molecule has 0 unspecified atom stereocenters. The topological polar surface area (TPSA) is 44.2 Å². The molecule has 0 radical (unpaired) electrons. The lowest BCUT2D eigenvalue weighted by Gasteiger charge is -2.31. The van der Waals surface area contributed by atoms with Crippen LogP contribution < -0.4 is 0 Å². The summed E-state index contributed by atoms with van der Waals surface area (Å²) in [6.07, 6.45) is 4.79. The van der Waals surface area contributed by atoms with Gasteiger partial charge in [0.05, 0.1) is 0 Å². The fourth-order valence-corrected chi connectivity index (χ4v) is 2.22. The predicted molar refractivity (Wildman–Crippen MR) is 41.7 cm³/mol. The predicted octanol–water partition coefficient (Wildman–Crippen LogP) is 0.789. The summed E-state index contributed by atoms with van der Waals surface area (Å²) in [5.41, 5.74) is 0.829. The van der Waals surface area contributed by atoms with E-state index in [9.17, 15) is 4.79 Å². The van der Waals surface area contributed by atoms with E-state index in [1.165, 1.54) is 0 Å². The van der Waals surface area contributed by atoms with Crippen molar-refractivity contribution in [2.45, 2.75) is 37.8 Å². The minimum Gasteiger partial charge on any atom is -0.339 e. The third kappa shape index (κ3) is 0.951. The average molecular weight is 152 g/mol. The molecule has 2 rings (SSSR count). The number of piperidine rings is 1. The van der Waals surface area contributed by atoms with Crippen LogP contribution >= 0.6 is 0 Å². The number of carbonyl (C=O) groups excluding carboxylic acids is 1. The summed E-state index contributed by atoms with van der Waals surface area (Å²) in [4.78, 5) is 12.5. The SMILES string of the molecule is N=C1C[C@H]2CC[C@@H](C1)N2C=O. The minimum absolute atomic E-state index is 0.360. The van der Waals surface area contributed by atoms with Crippen LogP contribution in [0.25, 0.3) is 0 Å². The molecule has 11 heavy (non-hydrogen) atoms. The van der Waals surface area contributed by atoms with Crippen molar-refractivity contribution in [3.05, 3.63) is 0 Å². The van der Waals surface area contributed by atoms with Crippen LogP contribution in [0.15, 0.2) is 0 Å². The Hall–Kier alpha value is -0.860. The molecule has 2 fully saturated rings. The fourth-order valence-electron chi connectivity index (χ4n) is 2.22. The molecule has 3 heteroatoms. The third-order valence-electron chi connectivity index (χ3n) is 2.76. The van der Waals surface area contributed by atoms with Crippen molar-refractivity contribution in [1.82, 2.24) is 4.90 Å². The number of amides is 1. The van der Waals surface area contributed by atoms with Gasteiger partial charge in [-0.3, -0.25) is 4.79 Å². The summed E-state index contributed by atoms with van der Waals surface area (Å²) < 4.78 is 0. The van der Waals surface area contributed by atoms with Gasteiger partial charge in [-0.1, -0.05) is 0 Å². The molecule has 3 nitrogen and oxygen atoms in total. The minimum atomic E-state index is 0.360. The molecular weight excluding hydrogens is 140 g/mol. The summed E-state index contributed by atoms with van der Waals surface area (Å²) in [7, 11) is 0. The van der Waals surface area contributed by atoms with Gasteiger partial charge in [0.1, 0.15) is 0 Å². The summed E-state index contributed by atoms with van der Waals surface area (Å²) in [6, 6.07) is 0.720. The maximum absolute atomic E-state index is 10.6. The Morgan fingerprint density at radius 1 is 1.36 bits per heavy atom. The van der Waals surface area contributed by atoms with Crippen molar-refractivity contribution < 1.29 is 4.79 Å². The maximum atomic E-state index is 10.6. The Kier molecular flexibility index (Phi) is 1.44. The first-order valence-electron chi connectivity index (χ1n) is 4.10. The van der Waals surface area contributed by atoms with Crippen LogP contribution in [0.4, 0.5) is 0 Å². The summed E-state index contributed by atoms with van der Waals surface area (Å²) in [6.45, 7) is 0. The van der Waals surface area contributed by atoms with Gasteiger partial charge in [-0.25, -0.2) is 0 Å². The van der Waals surface area contributed by atoms with Gasteiger partial charge in [0.15, 0.2) is 0 Å². The Morgan fingerprint density at radius 2 is 1.91 bits per heavy atom. The highest BCUT2D eigenvalue weighted by atomic mass is 16.1. The largest absolute Gasteiger partial charge is 0.339 e. The first kappa shape index (κ1) is 6.83. The van der Waals surface area contributed by atoms with Crippen LogP contribution in [0.2, 0.25) is 0 Å². The van der Waals surface area contributed by atoms with Crippen LogP contribution in [0.1, 0.15) is 25.7 Å². The maximum Gasteiger partial charge on any atom is 0.210 e. The van der Waals surface area contributed by atoms with E-state index in [1.54, 1.807) is 0 Å². The third-order valence-corrected chi connectivity index (χ3v) is 2.76. The van der Waals surface area contributed by atoms with Crippen LogP contribution in [0, 0.1) is 5.41 Å². The van der Waals surface area contributed by atoms with Gasteiger partial charge < -0.3 is 10.3 Å². The summed E-state index contributed by atoms with van der Waals surface area (Å²) >= 11 is 0. The Labute approximate surface area is 65.9 Å². The highest BCUT2D eigenvalue weighted by Gasteiger charge is 2.37. The van der Waals surface area contributed by atoms with Gasteiger partial charge in [-0.15, -0.1) is 0 Å². The fraction of sp³-hybridized carbons (Fsp3) is 0.750. The molecule has 0 aliphatic carbocycles. The van der Waals surface area contributed by atoms with Crippen LogP contribution in [0.3, 0.4) is 0 Å². The van der Waals surface area contributed by atoms with Crippen molar-refractivity contribution >= 4 is 12.1 Å². The lowest BCUT2D eigenvalue weighted by Crippen LogP contribution is -2.41. The molecule has 2 heterocycles.